The van der Waals surface area contributed by atoms with Crippen molar-refractivity contribution in [1.82, 2.24) is 9.80 Å². The van der Waals surface area contributed by atoms with Crippen molar-refractivity contribution < 1.29 is 10.0 Å². The first kappa shape index (κ1) is 21.3. The highest BCUT2D eigenvalue weighted by atomic mass is 35.5. The van der Waals surface area contributed by atoms with Crippen molar-refractivity contribution in [3.63, 3.8) is 0 Å². The number of nitro benzene ring substituents is 1. The summed E-state index contributed by atoms with van der Waals surface area (Å²) in [5.41, 5.74) is 1.71. The Bertz CT molecular complexity index is 904. The van der Waals surface area contributed by atoms with Gasteiger partial charge in [0.1, 0.15) is 5.69 Å². The van der Waals surface area contributed by atoms with E-state index in [2.05, 4.69) is 9.80 Å². The summed E-state index contributed by atoms with van der Waals surface area (Å²) in [5, 5.41) is 23.2. The second-order valence-electron chi connectivity index (χ2n) is 7.87. The van der Waals surface area contributed by atoms with Gasteiger partial charge in [-0.25, -0.2) is 0 Å². The van der Waals surface area contributed by atoms with Crippen LogP contribution in [0.5, 0.6) is 0 Å². The zero-order valence-corrected chi connectivity index (χ0v) is 18.0. The number of aliphatic hydroxyl groups is 1. The number of hydrogen-bond donors (Lipinski definition) is 1. The Kier molecular flexibility index (Phi) is 6.46. The van der Waals surface area contributed by atoms with Crippen LogP contribution < -0.4 is 4.90 Å². The van der Waals surface area contributed by atoms with Crippen LogP contribution in [0, 0.1) is 10.1 Å². The molecular weight excluding hydrogens is 427 g/mol. The highest BCUT2D eigenvalue weighted by Gasteiger charge is 2.38. The second-order valence-corrected chi connectivity index (χ2v) is 8.74. The van der Waals surface area contributed by atoms with E-state index in [0.29, 0.717) is 23.8 Å². The molecule has 2 heterocycles. The maximum absolute atomic E-state index is 11.4. The Morgan fingerprint density at radius 2 is 1.67 bits per heavy atom. The van der Waals surface area contributed by atoms with Gasteiger partial charge in [-0.1, -0.05) is 35.3 Å². The minimum atomic E-state index is -0.553. The maximum Gasteiger partial charge on any atom is 0.294 e. The molecule has 160 valence electrons. The topological polar surface area (TPSA) is 73.1 Å². The molecule has 0 radical (unpaired) electrons. The Hall–Kier alpha value is -1.90. The van der Waals surface area contributed by atoms with Crippen molar-refractivity contribution in [1.29, 1.82) is 0 Å². The molecule has 30 heavy (non-hydrogen) atoms. The third-order valence-electron chi connectivity index (χ3n) is 5.93. The van der Waals surface area contributed by atoms with E-state index in [1.54, 1.807) is 12.1 Å². The molecule has 4 rings (SSSR count). The quantitative estimate of drug-likeness (QED) is 0.556. The zero-order chi connectivity index (χ0) is 21.3. The fraction of sp³-hybridized carbons (Fsp3) is 0.429. The minimum Gasteiger partial charge on any atom is -0.390 e. The number of piperazine rings is 1. The molecule has 1 N–H and O–H groups in total. The normalized spacial score (nSPS) is 23.1. The monoisotopic (exact) mass is 450 g/mol. The predicted molar refractivity (Wildman–Crippen MR) is 118 cm³/mol. The van der Waals surface area contributed by atoms with Crippen LogP contribution in [-0.2, 0) is 6.54 Å². The van der Waals surface area contributed by atoms with Crippen molar-refractivity contribution in [3.05, 3.63) is 68.2 Å². The second kappa shape index (κ2) is 9.08. The Morgan fingerprint density at radius 3 is 2.33 bits per heavy atom. The summed E-state index contributed by atoms with van der Waals surface area (Å²) >= 11 is 11.9. The van der Waals surface area contributed by atoms with Crippen LogP contribution in [0.4, 0.5) is 11.4 Å². The molecule has 2 saturated heterocycles. The first-order valence-electron chi connectivity index (χ1n) is 9.98. The van der Waals surface area contributed by atoms with E-state index in [4.69, 9.17) is 23.2 Å². The standard InChI is InChI=1S/C21H24Cl2N4O3/c22-16-3-1-15(2-4-16)12-24-7-9-25(10-8-24)20-13-26(14-21(20)28)18-6-5-17(23)11-19(18)27(29)30/h1-6,11,20-21,28H,7-10,12-14H2/t20-,21-/m1/s1. The van der Waals surface area contributed by atoms with E-state index in [-0.39, 0.29) is 11.7 Å². The van der Waals surface area contributed by atoms with Crippen molar-refractivity contribution >= 4 is 34.6 Å². The Balaban J connectivity index is 1.37. The van der Waals surface area contributed by atoms with Gasteiger partial charge in [-0.05, 0) is 29.8 Å². The van der Waals surface area contributed by atoms with E-state index in [0.717, 1.165) is 37.7 Å². The van der Waals surface area contributed by atoms with Crippen LogP contribution in [0.2, 0.25) is 10.0 Å². The lowest BCUT2D eigenvalue weighted by molar-refractivity contribution is -0.384. The molecule has 2 fully saturated rings. The lowest BCUT2D eigenvalue weighted by Crippen LogP contribution is -2.53. The first-order valence-corrected chi connectivity index (χ1v) is 10.7. The summed E-state index contributed by atoms with van der Waals surface area (Å²) in [4.78, 5) is 17.6. The van der Waals surface area contributed by atoms with Crippen LogP contribution in [0.1, 0.15) is 5.56 Å². The summed E-state index contributed by atoms with van der Waals surface area (Å²) in [6.45, 7) is 5.33. The molecule has 0 bridgehead atoms. The number of nitrogens with zero attached hydrogens (tertiary/aromatic N) is 4. The average molecular weight is 451 g/mol. The number of aliphatic hydroxyl groups excluding tert-OH is 1. The van der Waals surface area contributed by atoms with Gasteiger partial charge in [0.05, 0.1) is 17.1 Å². The average Bonchev–Trinajstić information content (AvgIpc) is 3.11. The van der Waals surface area contributed by atoms with Crippen molar-refractivity contribution in [2.24, 2.45) is 0 Å². The summed E-state index contributed by atoms with van der Waals surface area (Å²) < 4.78 is 0. The molecule has 2 aliphatic rings. The molecule has 0 amide bonds. The van der Waals surface area contributed by atoms with E-state index >= 15 is 0 Å². The van der Waals surface area contributed by atoms with Gasteiger partial charge >= 0.3 is 0 Å². The largest absolute Gasteiger partial charge is 0.390 e. The van der Waals surface area contributed by atoms with Gasteiger partial charge < -0.3 is 10.0 Å². The van der Waals surface area contributed by atoms with Gasteiger partial charge in [0.25, 0.3) is 5.69 Å². The van der Waals surface area contributed by atoms with E-state index in [1.807, 2.05) is 29.2 Å². The van der Waals surface area contributed by atoms with E-state index in [1.165, 1.54) is 11.6 Å². The smallest absolute Gasteiger partial charge is 0.294 e. The van der Waals surface area contributed by atoms with Gasteiger partial charge in [0.15, 0.2) is 0 Å². The number of benzene rings is 2. The van der Waals surface area contributed by atoms with Crippen LogP contribution >= 0.6 is 23.2 Å². The Morgan fingerprint density at radius 1 is 1.00 bits per heavy atom. The first-order chi connectivity index (χ1) is 14.4. The Labute approximate surface area is 185 Å². The van der Waals surface area contributed by atoms with Gasteiger partial charge in [-0.3, -0.25) is 19.9 Å². The molecule has 9 heteroatoms. The molecule has 0 aliphatic carbocycles. The molecule has 2 atom stereocenters. The lowest BCUT2D eigenvalue weighted by Gasteiger charge is -2.38. The highest BCUT2D eigenvalue weighted by molar-refractivity contribution is 6.31. The van der Waals surface area contributed by atoms with Gasteiger partial charge in [0.2, 0.25) is 0 Å². The van der Waals surface area contributed by atoms with Gasteiger partial charge in [0, 0.05) is 61.9 Å². The molecule has 2 aliphatic heterocycles. The highest BCUT2D eigenvalue weighted by Crippen LogP contribution is 2.34. The number of β-amino-alcohol motifs (C(OH)–C–C–N with tert-alkyl or cyclic N) is 1. The van der Waals surface area contributed by atoms with Gasteiger partial charge in [-0.15, -0.1) is 0 Å². The summed E-state index contributed by atoms with van der Waals surface area (Å²) in [6, 6.07) is 12.6. The zero-order valence-electron chi connectivity index (χ0n) is 16.5. The summed E-state index contributed by atoms with van der Waals surface area (Å²) in [7, 11) is 0. The summed E-state index contributed by atoms with van der Waals surface area (Å²) in [5.74, 6) is 0. The third-order valence-corrected chi connectivity index (χ3v) is 6.42. The number of hydrogen-bond acceptors (Lipinski definition) is 6. The molecule has 2 aromatic carbocycles. The molecule has 0 unspecified atom stereocenters. The van der Waals surface area contributed by atoms with Crippen LogP contribution in [0.3, 0.4) is 0 Å². The molecule has 0 spiro atoms. The summed E-state index contributed by atoms with van der Waals surface area (Å²) in [6.07, 6.45) is -0.553. The number of nitro groups is 1. The van der Waals surface area contributed by atoms with Gasteiger partial charge in [-0.2, -0.15) is 0 Å². The molecular formula is C21H24Cl2N4O3. The van der Waals surface area contributed by atoms with Crippen LogP contribution in [0.25, 0.3) is 0 Å². The molecule has 0 saturated carbocycles. The molecule has 2 aromatic rings. The minimum absolute atomic E-state index is 0.0249. The molecule has 7 nitrogen and oxygen atoms in total. The SMILES string of the molecule is O=[N+]([O-])c1cc(Cl)ccc1N1C[C@@H](O)[C@H](N2CCN(Cc3ccc(Cl)cc3)CC2)C1. The van der Waals surface area contributed by atoms with Crippen LogP contribution in [-0.4, -0.2) is 71.2 Å². The maximum atomic E-state index is 11.4. The van der Waals surface area contributed by atoms with Crippen molar-refractivity contribution in [2.45, 2.75) is 18.7 Å². The fourth-order valence-electron chi connectivity index (χ4n) is 4.34. The number of halogens is 2. The number of rotatable bonds is 5. The van der Waals surface area contributed by atoms with Crippen LogP contribution in [0.15, 0.2) is 42.5 Å². The number of anilines is 1. The lowest BCUT2D eigenvalue weighted by atomic mass is 10.1. The van der Waals surface area contributed by atoms with E-state index < -0.39 is 11.0 Å². The molecule has 0 aromatic heterocycles. The predicted octanol–water partition coefficient (Wildman–Crippen LogP) is 3.27. The van der Waals surface area contributed by atoms with Crippen molar-refractivity contribution in [3.8, 4) is 0 Å². The fourth-order valence-corrected chi connectivity index (χ4v) is 4.63. The van der Waals surface area contributed by atoms with E-state index in [9.17, 15) is 15.2 Å². The van der Waals surface area contributed by atoms with Crippen molar-refractivity contribution in [2.75, 3.05) is 44.2 Å². The third kappa shape index (κ3) is 4.71.